The third-order valence-corrected chi connectivity index (χ3v) is 5.25. The van der Waals surface area contributed by atoms with Crippen LogP contribution in [-0.2, 0) is 9.84 Å². The summed E-state index contributed by atoms with van der Waals surface area (Å²) in [6.07, 6.45) is 0.563. The average molecular weight is 300 g/mol. The topological polar surface area (TPSA) is 98.0 Å². The summed E-state index contributed by atoms with van der Waals surface area (Å²) in [5.41, 5.74) is 7.99. The van der Waals surface area contributed by atoms with Crippen LogP contribution < -0.4 is 11.1 Å². The van der Waals surface area contributed by atoms with Crippen LogP contribution in [0.25, 0.3) is 0 Å². The molecule has 2 rings (SSSR count). The maximum atomic E-state index is 11.4. The Balaban J connectivity index is 2.31. The summed E-state index contributed by atoms with van der Waals surface area (Å²) in [6, 6.07) is -0.158. The second kappa shape index (κ2) is 5.01. The molecule has 1 aromatic heterocycles. The number of nitrogens with one attached hydrogen (secondary N) is 1. The van der Waals surface area contributed by atoms with Crippen LogP contribution in [0.4, 0.5) is 5.82 Å². The number of sulfone groups is 1. The van der Waals surface area contributed by atoms with Gasteiger partial charge in [0.1, 0.15) is 4.99 Å². The van der Waals surface area contributed by atoms with E-state index >= 15 is 0 Å². The molecule has 0 aliphatic carbocycles. The molecule has 0 aromatic carbocycles. The fourth-order valence-electron chi connectivity index (χ4n) is 2.11. The second-order valence-corrected chi connectivity index (χ2v) is 7.41. The van der Waals surface area contributed by atoms with E-state index in [0.717, 1.165) is 11.3 Å². The summed E-state index contributed by atoms with van der Waals surface area (Å²) < 4.78 is 22.9. The summed E-state index contributed by atoms with van der Waals surface area (Å²) in [4.78, 5) is 0.235. The molecular formula is C11H16N4O2S2. The highest BCUT2D eigenvalue weighted by Gasteiger charge is 2.29. The molecule has 1 saturated heterocycles. The zero-order valence-corrected chi connectivity index (χ0v) is 12.4. The molecule has 19 heavy (non-hydrogen) atoms. The monoisotopic (exact) mass is 300 g/mol. The van der Waals surface area contributed by atoms with Crippen molar-refractivity contribution in [2.75, 3.05) is 16.8 Å². The quantitative estimate of drug-likeness (QED) is 0.776. The molecule has 1 atom stereocenters. The standard InChI is InChI=1S/C11H16N4O2S2/c1-6-7(2)14-15-11(9(6)10(12)18)13-8-3-4-19(16,17)5-8/h8H,3-5H2,1-2H3,(H2,12,18)(H,13,15). The van der Waals surface area contributed by atoms with Crippen LogP contribution in [0.15, 0.2) is 0 Å². The van der Waals surface area contributed by atoms with E-state index < -0.39 is 9.84 Å². The number of anilines is 1. The Bertz CT molecular complexity index is 628. The van der Waals surface area contributed by atoms with Crippen LogP contribution in [0.2, 0.25) is 0 Å². The molecule has 6 nitrogen and oxygen atoms in total. The smallest absolute Gasteiger partial charge is 0.159 e. The molecule has 1 aromatic rings. The lowest BCUT2D eigenvalue weighted by molar-refractivity contribution is 0.602. The van der Waals surface area contributed by atoms with E-state index in [0.29, 0.717) is 17.8 Å². The maximum absolute atomic E-state index is 11.4. The van der Waals surface area contributed by atoms with Crippen molar-refractivity contribution in [3.8, 4) is 0 Å². The molecule has 0 radical (unpaired) electrons. The van der Waals surface area contributed by atoms with Gasteiger partial charge in [-0.25, -0.2) is 8.42 Å². The van der Waals surface area contributed by atoms with Crippen molar-refractivity contribution < 1.29 is 8.42 Å². The predicted octanol–water partition coefficient (Wildman–Crippen LogP) is 0.327. The van der Waals surface area contributed by atoms with Crippen molar-refractivity contribution in [3.05, 3.63) is 16.8 Å². The van der Waals surface area contributed by atoms with Gasteiger partial charge in [-0.2, -0.15) is 5.10 Å². The van der Waals surface area contributed by atoms with Gasteiger partial charge in [-0.3, -0.25) is 0 Å². The zero-order valence-electron chi connectivity index (χ0n) is 10.8. The van der Waals surface area contributed by atoms with E-state index in [1.54, 1.807) is 0 Å². The molecule has 3 N–H and O–H groups in total. The summed E-state index contributed by atoms with van der Waals surface area (Å²) in [5.74, 6) is 0.779. The molecule has 8 heteroatoms. The minimum atomic E-state index is -2.94. The molecule has 104 valence electrons. The van der Waals surface area contributed by atoms with Gasteiger partial charge < -0.3 is 11.1 Å². The van der Waals surface area contributed by atoms with E-state index in [2.05, 4.69) is 15.5 Å². The summed E-state index contributed by atoms with van der Waals surface area (Å²) in [7, 11) is -2.94. The lowest BCUT2D eigenvalue weighted by atomic mass is 10.1. The lowest BCUT2D eigenvalue weighted by Gasteiger charge is -2.16. The van der Waals surface area contributed by atoms with Crippen LogP contribution in [0.1, 0.15) is 23.2 Å². The van der Waals surface area contributed by atoms with Crippen LogP contribution in [-0.4, -0.2) is 41.2 Å². The Morgan fingerprint density at radius 1 is 1.42 bits per heavy atom. The Morgan fingerprint density at radius 3 is 2.63 bits per heavy atom. The molecule has 0 saturated carbocycles. The molecule has 0 amide bonds. The largest absolute Gasteiger partial charge is 0.389 e. The Morgan fingerprint density at radius 2 is 2.11 bits per heavy atom. The highest BCUT2D eigenvalue weighted by atomic mass is 32.2. The Hall–Kier alpha value is -1.28. The number of nitrogens with zero attached hydrogens (tertiary/aromatic N) is 2. The molecule has 0 spiro atoms. The summed E-state index contributed by atoms with van der Waals surface area (Å²) in [5, 5.41) is 11.2. The van der Waals surface area contributed by atoms with Crippen molar-refractivity contribution in [1.82, 2.24) is 10.2 Å². The van der Waals surface area contributed by atoms with E-state index in [1.165, 1.54) is 0 Å². The third-order valence-electron chi connectivity index (χ3n) is 3.27. The van der Waals surface area contributed by atoms with Crippen molar-refractivity contribution in [1.29, 1.82) is 0 Å². The minimum absolute atomic E-state index is 0.110. The van der Waals surface area contributed by atoms with Gasteiger partial charge in [-0.05, 0) is 25.8 Å². The first-order valence-electron chi connectivity index (χ1n) is 5.91. The first kappa shape index (κ1) is 14.1. The van der Waals surface area contributed by atoms with Gasteiger partial charge in [0, 0.05) is 6.04 Å². The fourth-order valence-corrected chi connectivity index (χ4v) is 4.04. The molecule has 1 unspecified atom stereocenters. The number of nitrogens with two attached hydrogens (primary N) is 1. The number of rotatable bonds is 3. The van der Waals surface area contributed by atoms with Crippen molar-refractivity contribution in [3.63, 3.8) is 0 Å². The SMILES string of the molecule is Cc1nnc(NC2CCS(=O)(=O)C2)c(C(N)=S)c1C. The van der Waals surface area contributed by atoms with Crippen LogP contribution >= 0.6 is 12.2 Å². The fraction of sp³-hybridized carbons (Fsp3) is 0.545. The molecule has 1 aliphatic rings. The van der Waals surface area contributed by atoms with E-state index in [4.69, 9.17) is 18.0 Å². The summed E-state index contributed by atoms with van der Waals surface area (Å²) in [6.45, 7) is 3.70. The van der Waals surface area contributed by atoms with Gasteiger partial charge in [0.25, 0.3) is 0 Å². The normalized spacial score (nSPS) is 21.3. The molecule has 1 aliphatic heterocycles. The van der Waals surface area contributed by atoms with Gasteiger partial charge in [0.05, 0.1) is 22.8 Å². The average Bonchev–Trinajstić information content (AvgIpc) is 2.63. The van der Waals surface area contributed by atoms with Crippen LogP contribution in [0.5, 0.6) is 0 Å². The molecular weight excluding hydrogens is 284 g/mol. The highest BCUT2D eigenvalue weighted by Crippen LogP contribution is 2.22. The summed E-state index contributed by atoms with van der Waals surface area (Å²) >= 11 is 5.03. The van der Waals surface area contributed by atoms with Crippen LogP contribution in [0, 0.1) is 13.8 Å². The second-order valence-electron chi connectivity index (χ2n) is 4.74. The Labute approximate surface area is 117 Å². The van der Waals surface area contributed by atoms with Gasteiger partial charge in [0.2, 0.25) is 0 Å². The van der Waals surface area contributed by atoms with Gasteiger partial charge in [0.15, 0.2) is 15.7 Å². The van der Waals surface area contributed by atoms with Crippen molar-refractivity contribution >= 4 is 32.9 Å². The van der Waals surface area contributed by atoms with E-state index in [1.807, 2.05) is 13.8 Å². The van der Waals surface area contributed by atoms with E-state index in [9.17, 15) is 8.42 Å². The molecule has 1 fully saturated rings. The minimum Gasteiger partial charge on any atom is -0.389 e. The predicted molar refractivity (Wildman–Crippen MR) is 78.1 cm³/mol. The highest BCUT2D eigenvalue weighted by molar-refractivity contribution is 7.91. The number of aryl methyl sites for hydroxylation is 1. The Kier molecular flexibility index (Phi) is 3.73. The van der Waals surface area contributed by atoms with Crippen molar-refractivity contribution in [2.45, 2.75) is 26.3 Å². The van der Waals surface area contributed by atoms with Gasteiger partial charge in [-0.15, -0.1) is 5.10 Å². The number of thiocarbonyl (C=S) groups is 1. The zero-order chi connectivity index (χ0) is 14.2. The number of hydrogen-bond acceptors (Lipinski definition) is 6. The molecule has 2 heterocycles. The lowest BCUT2D eigenvalue weighted by Crippen LogP contribution is -2.25. The first-order chi connectivity index (χ1) is 8.80. The maximum Gasteiger partial charge on any atom is 0.159 e. The third kappa shape index (κ3) is 3.01. The molecule has 0 bridgehead atoms. The van der Waals surface area contributed by atoms with Crippen LogP contribution in [0.3, 0.4) is 0 Å². The van der Waals surface area contributed by atoms with Crippen molar-refractivity contribution in [2.24, 2.45) is 5.73 Å². The number of hydrogen-bond donors (Lipinski definition) is 2. The van der Waals surface area contributed by atoms with Gasteiger partial charge in [-0.1, -0.05) is 12.2 Å². The van der Waals surface area contributed by atoms with E-state index in [-0.39, 0.29) is 22.5 Å². The number of aromatic nitrogens is 2. The first-order valence-corrected chi connectivity index (χ1v) is 8.14. The van der Waals surface area contributed by atoms with Gasteiger partial charge >= 0.3 is 0 Å².